The van der Waals surface area contributed by atoms with Crippen molar-refractivity contribution in [1.29, 1.82) is 0 Å². The number of carbonyl (C=O) groups excluding carboxylic acids is 1. The molecule has 1 atom stereocenters. The van der Waals surface area contributed by atoms with Crippen LogP contribution in [0.1, 0.15) is 50.4 Å². The number of benzene rings is 1. The number of likely N-dealkylation sites (tertiary alicyclic amines) is 1. The molecule has 2 aromatic heterocycles. The number of nitrogens with zero attached hydrogens (tertiary/aromatic N) is 3. The minimum atomic E-state index is -0.259. The molecule has 0 bridgehead atoms. The lowest BCUT2D eigenvalue weighted by atomic mass is 9.96. The van der Waals surface area contributed by atoms with Gasteiger partial charge in [0.25, 0.3) is 5.56 Å². The third-order valence-corrected chi connectivity index (χ3v) is 6.68. The van der Waals surface area contributed by atoms with Crippen LogP contribution >= 0.6 is 0 Å². The minimum absolute atomic E-state index is 0.0349. The Morgan fingerprint density at radius 2 is 2.06 bits per heavy atom. The number of H-pyrrole nitrogens is 1. The monoisotopic (exact) mass is 478 g/mol. The number of carbonyl (C=O) groups is 1. The predicted molar refractivity (Wildman–Crippen MR) is 141 cm³/mol. The number of anilines is 1. The van der Waals surface area contributed by atoms with E-state index in [2.05, 4.69) is 59.3 Å². The SMILES string of the molecule is Cc1c[nH]c2ccc(CNC(=O)Cn3c(C)cnc(NC[C@H]4CCCN4CC(C)(C)C)c3=O)cc12. The summed E-state index contributed by atoms with van der Waals surface area (Å²) in [5.41, 5.74) is 3.91. The third kappa shape index (κ3) is 6.11. The molecule has 35 heavy (non-hydrogen) atoms. The summed E-state index contributed by atoms with van der Waals surface area (Å²) in [5, 5.41) is 7.36. The van der Waals surface area contributed by atoms with Crippen molar-refractivity contribution in [2.24, 2.45) is 5.41 Å². The van der Waals surface area contributed by atoms with E-state index in [1.54, 1.807) is 13.1 Å². The summed E-state index contributed by atoms with van der Waals surface area (Å²) in [7, 11) is 0. The maximum atomic E-state index is 13.1. The molecule has 3 heterocycles. The van der Waals surface area contributed by atoms with E-state index in [0.29, 0.717) is 30.6 Å². The highest BCUT2D eigenvalue weighted by Crippen LogP contribution is 2.24. The Labute approximate surface area is 207 Å². The van der Waals surface area contributed by atoms with Crippen molar-refractivity contribution in [2.75, 3.05) is 25.0 Å². The fraction of sp³-hybridized carbons (Fsp3) is 0.519. The number of hydrogen-bond acceptors (Lipinski definition) is 5. The molecule has 188 valence electrons. The van der Waals surface area contributed by atoms with Crippen molar-refractivity contribution in [1.82, 2.24) is 24.8 Å². The normalized spacial score (nSPS) is 16.7. The molecule has 1 aliphatic heterocycles. The number of nitrogens with one attached hydrogen (secondary N) is 3. The second kappa shape index (κ2) is 10.2. The molecular weight excluding hydrogens is 440 g/mol. The van der Waals surface area contributed by atoms with Crippen LogP contribution in [0.2, 0.25) is 0 Å². The van der Waals surface area contributed by atoms with Crippen LogP contribution in [0.4, 0.5) is 5.82 Å². The van der Waals surface area contributed by atoms with E-state index in [9.17, 15) is 9.59 Å². The average Bonchev–Trinajstić information content (AvgIpc) is 3.39. The summed E-state index contributed by atoms with van der Waals surface area (Å²) >= 11 is 0. The minimum Gasteiger partial charge on any atom is -0.364 e. The van der Waals surface area contributed by atoms with Crippen LogP contribution in [-0.4, -0.2) is 51.0 Å². The van der Waals surface area contributed by atoms with Crippen LogP contribution in [0.15, 0.2) is 35.4 Å². The predicted octanol–water partition coefficient (Wildman–Crippen LogP) is 3.58. The third-order valence-electron chi connectivity index (χ3n) is 6.68. The van der Waals surface area contributed by atoms with E-state index in [0.717, 1.165) is 36.0 Å². The van der Waals surface area contributed by atoms with Crippen LogP contribution in [0.3, 0.4) is 0 Å². The number of fused-ring (bicyclic) bond motifs is 1. The zero-order valence-electron chi connectivity index (χ0n) is 21.6. The van der Waals surface area contributed by atoms with Gasteiger partial charge in [-0.05, 0) is 61.9 Å². The van der Waals surface area contributed by atoms with E-state index < -0.39 is 0 Å². The van der Waals surface area contributed by atoms with Gasteiger partial charge >= 0.3 is 0 Å². The lowest BCUT2D eigenvalue weighted by Gasteiger charge is -2.31. The van der Waals surface area contributed by atoms with Gasteiger partial charge in [0.2, 0.25) is 5.91 Å². The molecule has 0 aliphatic carbocycles. The van der Waals surface area contributed by atoms with E-state index in [1.807, 2.05) is 18.3 Å². The Bertz CT molecular complexity index is 1250. The van der Waals surface area contributed by atoms with Crippen LogP contribution in [-0.2, 0) is 17.9 Å². The molecular formula is C27H38N6O2. The van der Waals surface area contributed by atoms with E-state index in [4.69, 9.17) is 0 Å². The molecule has 0 saturated carbocycles. The molecule has 1 aliphatic rings. The molecule has 1 amide bonds. The van der Waals surface area contributed by atoms with Gasteiger partial charge in [0.1, 0.15) is 6.54 Å². The fourth-order valence-corrected chi connectivity index (χ4v) is 4.86. The first-order valence-corrected chi connectivity index (χ1v) is 12.5. The van der Waals surface area contributed by atoms with Crippen molar-refractivity contribution in [3.63, 3.8) is 0 Å². The van der Waals surface area contributed by atoms with E-state index in [1.165, 1.54) is 16.6 Å². The molecule has 8 nitrogen and oxygen atoms in total. The van der Waals surface area contributed by atoms with Crippen LogP contribution in [0.5, 0.6) is 0 Å². The van der Waals surface area contributed by atoms with Gasteiger partial charge < -0.3 is 15.6 Å². The van der Waals surface area contributed by atoms with Gasteiger partial charge in [-0.15, -0.1) is 0 Å². The zero-order valence-corrected chi connectivity index (χ0v) is 21.6. The number of aromatic nitrogens is 3. The van der Waals surface area contributed by atoms with Gasteiger partial charge in [0.05, 0.1) is 0 Å². The quantitative estimate of drug-likeness (QED) is 0.460. The average molecular weight is 479 g/mol. The van der Waals surface area contributed by atoms with Gasteiger partial charge in [0.15, 0.2) is 5.82 Å². The summed E-state index contributed by atoms with van der Waals surface area (Å²) in [6.07, 6.45) is 5.91. The molecule has 0 unspecified atom stereocenters. The Morgan fingerprint density at radius 1 is 1.26 bits per heavy atom. The molecule has 0 radical (unpaired) electrons. The van der Waals surface area contributed by atoms with Crippen molar-refractivity contribution in [2.45, 2.75) is 66.6 Å². The second-order valence-electron chi connectivity index (χ2n) is 11.0. The first kappa shape index (κ1) is 25.0. The topological polar surface area (TPSA) is 95.0 Å². The number of hydrogen-bond donors (Lipinski definition) is 3. The Hall–Kier alpha value is -3.13. The Morgan fingerprint density at radius 3 is 2.83 bits per heavy atom. The first-order valence-electron chi connectivity index (χ1n) is 12.5. The molecule has 3 aromatic rings. The molecule has 1 aromatic carbocycles. The van der Waals surface area contributed by atoms with Gasteiger partial charge in [-0.1, -0.05) is 26.8 Å². The maximum absolute atomic E-state index is 13.1. The van der Waals surface area contributed by atoms with Crippen LogP contribution in [0, 0.1) is 19.3 Å². The Balaban J connectivity index is 1.37. The molecule has 3 N–H and O–H groups in total. The summed E-state index contributed by atoms with van der Waals surface area (Å²) in [6.45, 7) is 13.8. The van der Waals surface area contributed by atoms with Gasteiger partial charge in [-0.25, -0.2) is 4.98 Å². The zero-order chi connectivity index (χ0) is 25.2. The smallest absolute Gasteiger partial charge is 0.293 e. The Kier molecular flexibility index (Phi) is 7.31. The number of amides is 1. The van der Waals surface area contributed by atoms with Crippen molar-refractivity contribution in [3.8, 4) is 0 Å². The largest absolute Gasteiger partial charge is 0.364 e. The van der Waals surface area contributed by atoms with Gasteiger partial charge in [-0.3, -0.25) is 19.1 Å². The van der Waals surface area contributed by atoms with Crippen LogP contribution in [0.25, 0.3) is 10.9 Å². The maximum Gasteiger partial charge on any atom is 0.293 e. The highest BCUT2D eigenvalue weighted by atomic mass is 16.2. The highest BCUT2D eigenvalue weighted by Gasteiger charge is 2.28. The van der Waals surface area contributed by atoms with E-state index >= 15 is 0 Å². The number of rotatable bonds is 8. The van der Waals surface area contributed by atoms with Crippen molar-refractivity contribution < 1.29 is 4.79 Å². The molecule has 8 heteroatoms. The summed E-state index contributed by atoms with van der Waals surface area (Å²) in [5.74, 6) is 0.102. The van der Waals surface area contributed by atoms with Crippen molar-refractivity contribution >= 4 is 22.6 Å². The van der Waals surface area contributed by atoms with Crippen LogP contribution < -0.4 is 16.2 Å². The van der Waals surface area contributed by atoms with Gasteiger partial charge in [0, 0.05) is 54.7 Å². The van der Waals surface area contributed by atoms with Gasteiger partial charge in [-0.2, -0.15) is 0 Å². The highest BCUT2D eigenvalue weighted by molar-refractivity contribution is 5.83. The van der Waals surface area contributed by atoms with E-state index in [-0.39, 0.29) is 23.4 Å². The summed E-state index contributed by atoms with van der Waals surface area (Å²) in [4.78, 5) is 35.9. The molecule has 4 rings (SSSR count). The molecule has 1 saturated heterocycles. The molecule has 1 fully saturated rings. The number of aryl methyl sites for hydroxylation is 2. The lowest BCUT2D eigenvalue weighted by molar-refractivity contribution is -0.121. The lowest BCUT2D eigenvalue weighted by Crippen LogP contribution is -2.41. The fourth-order valence-electron chi connectivity index (χ4n) is 4.86. The van der Waals surface area contributed by atoms with Crippen molar-refractivity contribution in [3.05, 3.63) is 57.8 Å². The summed E-state index contributed by atoms with van der Waals surface area (Å²) < 4.78 is 1.49. The molecule has 0 spiro atoms. The number of aromatic amines is 1. The summed E-state index contributed by atoms with van der Waals surface area (Å²) in [6, 6.07) is 6.48. The standard InChI is InChI=1S/C27H38N6O2/c1-18-12-28-23-9-8-20(11-22(18)23)14-29-24(34)16-33-19(2)13-30-25(26(33)35)31-15-21-7-6-10-32(21)17-27(3,4)5/h8-9,11-13,21,28H,6-7,10,14-17H2,1-5H3,(H,29,34)(H,30,31)/t21-/m1/s1. The second-order valence-corrected chi connectivity index (χ2v) is 11.0. The first-order chi connectivity index (χ1) is 16.6.